The topological polar surface area (TPSA) is 41.8 Å². The van der Waals surface area contributed by atoms with Gasteiger partial charge in [0.1, 0.15) is 17.2 Å². The Hall–Kier alpha value is -4.23. The number of benzene rings is 6. The summed E-state index contributed by atoms with van der Waals surface area (Å²) >= 11 is 0. The minimum atomic E-state index is -3.03. The summed E-state index contributed by atoms with van der Waals surface area (Å²) in [6.45, 7) is 0. The first kappa shape index (κ1) is 33.1. The molecule has 0 saturated carbocycles. The summed E-state index contributed by atoms with van der Waals surface area (Å²) < 4.78 is 25.0. The number of nitrogens with zero attached hydrogens (tertiary/aromatic N) is 1. The molecule has 0 spiro atoms. The van der Waals surface area contributed by atoms with E-state index in [0.717, 1.165) is 49.1 Å². The largest absolute Gasteiger partial charge is 1.00 e. The predicted molar refractivity (Wildman–Crippen MR) is 192 cm³/mol. The number of hydrogen-bond donors (Lipinski definition) is 0. The third-order valence-electron chi connectivity index (χ3n) is 7.96. The highest BCUT2D eigenvalue weighted by Crippen LogP contribution is 2.54. The molecule has 6 aromatic carbocycles. The molecule has 0 heterocycles. The lowest BCUT2D eigenvalue weighted by atomic mass is 10.3. The summed E-state index contributed by atoms with van der Waals surface area (Å²) in [7, 11) is -0.604. The van der Waals surface area contributed by atoms with Crippen LogP contribution >= 0.6 is 14.1 Å². The SMILES string of the molecule is COc1ccccc1P(=[N+]=P(c1ccccc1)(c1ccccc1)c1ccccc1)(c1ccccc1OC)c1ccccc1OC.[Br-]. The minimum Gasteiger partial charge on any atom is -1.00 e. The van der Waals surface area contributed by atoms with Crippen molar-refractivity contribution in [2.45, 2.75) is 0 Å². The van der Waals surface area contributed by atoms with Gasteiger partial charge in [0, 0.05) is 0 Å². The first-order valence-electron chi connectivity index (χ1n) is 14.8. The van der Waals surface area contributed by atoms with Gasteiger partial charge in [-0.2, -0.15) is 0 Å². The van der Waals surface area contributed by atoms with Crippen molar-refractivity contribution >= 4 is 45.9 Å². The third-order valence-corrected chi connectivity index (χ3v) is 16.4. The molecule has 0 radical (unpaired) electrons. The number of rotatable bonds is 9. The molecule has 0 amide bonds. The van der Waals surface area contributed by atoms with Crippen LogP contribution in [0, 0.1) is 0 Å². The zero-order chi connectivity index (χ0) is 31.1. The van der Waals surface area contributed by atoms with Crippen molar-refractivity contribution in [1.29, 1.82) is 0 Å². The van der Waals surface area contributed by atoms with Gasteiger partial charge in [-0.05, 0) is 72.8 Å². The zero-order valence-electron chi connectivity index (χ0n) is 26.0. The normalized spacial score (nSPS) is 11.1. The lowest BCUT2D eigenvalue weighted by Crippen LogP contribution is -3.00. The van der Waals surface area contributed by atoms with Crippen LogP contribution in [0.5, 0.6) is 17.2 Å². The van der Waals surface area contributed by atoms with Crippen LogP contribution in [0.25, 0.3) is 0 Å². The molecular formula is C39H36BrNO3P2. The van der Waals surface area contributed by atoms with Crippen molar-refractivity contribution in [3.05, 3.63) is 164 Å². The molecule has 4 nitrogen and oxygen atoms in total. The Kier molecular flexibility index (Phi) is 10.7. The highest BCUT2D eigenvalue weighted by atomic mass is 79.9. The lowest BCUT2D eigenvalue weighted by molar-refractivity contribution is -0.00000969. The van der Waals surface area contributed by atoms with E-state index in [2.05, 4.69) is 127 Å². The monoisotopic (exact) mass is 707 g/mol. The van der Waals surface area contributed by atoms with Gasteiger partial charge in [-0.1, -0.05) is 91.0 Å². The Bertz CT molecular complexity index is 1800. The summed E-state index contributed by atoms with van der Waals surface area (Å²) in [5.74, 6) is 2.29. The van der Waals surface area contributed by atoms with Crippen LogP contribution in [0.4, 0.5) is 0 Å². The number of para-hydroxylation sites is 3. The molecule has 0 bridgehead atoms. The summed E-state index contributed by atoms with van der Waals surface area (Å²) in [5.41, 5.74) is 0. The van der Waals surface area contributed by atoms with Crippen LogP contribution in [0.2, 0.25) is 0 Å². The van der Waals surface area contributed by atoms with E-state index in [4.69, 9.17) is 18.4 Å². The Balaban J connectivity index is 0.00000417. The molecule has 0 aliphatic carbocycles. The molecule has 0 aromatic heterocycles. The first-order chi connectivity index (χ1) is 22.2. The van der Waals surface area contributed by atoms with Gasteiger partial charge in [-0.25, -0.2) is 0 Å². The number of methoxy groups -OCH3 is 3. The van der Waals surface area contributed by atoms with E-state index in [1.807, 2.05) is 36.4 Å². The standard InChI is InChI=1S/C39H36NO3P2.BrH/c1-41-34-25-13-16-28-37(34)45(38-29-17-14-26-35(38)42-2,39-30-18-15-27-36(39)43-3)40-44(31-19-7-4-8-20-31,32-21-9-5-10-22-32)33-23-11-6-12-24-33;/h4-30H,1-3H3;1H/q+1;/p-1. The van der Waals surface area contributed by atoms with E-state index >= 15 is 0 Å². The quantitative estimate of drug-likeness (QED) is 0.171. The van der Waals surface area contributed by atoms with Gasteiger partial charge in [0.15, 0.2) is 0 Å². The van der Waals surface area contributed by atoms with Crippen LogP contribution in [0.1, 0.15) is 0 Å². The van der Waals surface area contributed by atoms with Gasteiger partial charge in [-0.3, -0.25) is 0 Å². The molecule has 0 unspecified atom stereocenters. The summed E-state index contributed by atoms with van der Waals surface area (Å²) in [6.07, 6.45) is 0. The molecule has 0 N–H and O–H groups in total. The Morgan fingerprint density at radius 3 is 0.891 bits per heavy atom. The molecule has 0 aliphatic rings. The van der Waals surface area contributed by atoms with Gasteiger partial charge in [0.2, 0.25) is 0 Å². The first-order valence-corrected chi connectivity index (χ1v) is 18.3. The molecule has 6 aromatic rings. The van der Waals surface area contributed by atoms with Gasteiger partial charge in [0.05, 0.1) is 53.2 Å². The van der Waals surface area contributed by atoms with E-state index in [1.165, 1.54) is 0 Å². The fraction of sp³-hybridized carbons (Fsp3) is 0.0769. The van der Waals surface area contributed by atoms with E-state index < -0.39 is 14.1 Å². The van der Waals surface area contributed by atoms with Gasteiger partial charge in [-0.15, -0.1) is 4.17 Å². The van der Waals surface area contributed by atoms with Crippen molar-refractivity contribution in [1.82, 2.24) is 4.17 Å². The van der Waals surface area contributed by atoms with Crippen LogP contribution < -0.4 is 67.2 Å². The Labute approximate surface area is 282 Å². The maximum absolute atomic E-state index is 6.47. The van der Waals surface area contributed by atoms with Gasteiger partial charge >= 0.3 is 14.1 Å². The van der Waals surface area contributed by atoms with Crippen molar-refractivity contribution in [3.63, 3.8) is 0 Å². The van der Waals surface area contributed by atoms with Crippen LogP contribution in [0.15, 0.2) is 164 Å². The van der Waals surface area contributed by atoms with Gasteiger partial charge < -0.3 is 31.2 Å². The summed E-state index contributed by atoms with van der Waals surface area (Å²) in [6, 6.07) is 57.0. The number of ether oxygens (including phenoxy) is 3. The molecule has 232 valence electrons. The fourth-order valence-electron chi connectivity index (χ4n) is 5.96. The van der Waals surface area contributed by atoms with Crippen molar-refractivity contribution in [2.24, 2.45) is 0 Å². The van der Waals surface area contributed by atoms with E-state index in [9.17, 15) is 0 Å². The highest BCUT2D eigenvalue weighted by Gasteiger charge is 2.48. The summed E-state index contributed by atoms with van der Waals surface area (Å²) in [4.78, 5) is 0. The molecule has 7 heteroatoms. The molecule has 0 aliphatic heterocycles. The summed E-state index contributed by atoms with van der Waals surface area (Å²) in [5, 5.41) is 6.46. The molecule has 0 atom stereocenters. The van der Waals surface area contributed by atoms with Crippen molar-refractivity contribution < 1.29 is 31.2 Å². The maximum Gasteiger partial charge on any atom is 0.312 e. The second-order valence-corrected chi connectivity index (χ2v) is 16.6. The smallest absolute Gasteiger partial charge is 0.312 e. The molecule has 46 heavy (non-hydrogen) atoms. The lowest BCUT2D eigenvalue weighted by Gasteiger charge is -2.23. The minimum absolute atomic E-state index is 0. The van der Waals surface area contributed by atoms with Gasteiger partial charge in [0.25, 0.3) is 0 Å². The molecular weight excluding hydrogens is 672 g/mol. The Morgan fingerprint density at radius 1 is 0.348 bits per heavy atom. The van der Waals surface area contributed by atoms with Crippen LogP contribution in [-0.2, 0) is 0 Å². The average molecular weight is 709 g/mol. The second kappa shape index (κ2) is 14.9. The Morgan fingerprint density at radius 2 is 0.609 bits per heavy atom. The second-order valence-electron chi connectivity index (χ2n) is 10.4. The van der Waals surface area contributed by atoms with Crippen LogP contribution in [0.3, 0.4) is 0 Å². The van der Waals surface area contributed by atoms with Crippen LogP contribution in [-0.4, -0.2) is 21.3 Å². The number of hydrogen-bond acceptors (Lipinski definition) is 3. The fourth-order valence-corrected chi connectivity index (χ4v) is 15.8. The predicted octanol–water partition coefficient (Wildman–Crippen LogP) is 3.44. The maximum atomic E-state index is 6.47. The van der Waals surface area contributed by atoms with E-state index in [0.29, 0.717) is 0 Å². The highest BCUT2D eigenvalue weighted by molar-refractivity contribution is 7.94. The van der Waals surface area contributed by atoms with E-state index in [1.54, 1.807) is 21.3 Å². The molecule has 0 fully saturated rings. The van der Waals surface area contributed by atoms with E-state index in [-0.39, 0.29) is 17.0 Å². The third kappa shape index (κ3) is 5.89. The van der Waals surface area contributed by atoms with Crippen molar-refractivity contribution in [3.8, 4) is 17.2 Å². The number of halogens is 1. The zero-order valence-corrected chi connectivity index (χ0v) is 29.4. The average Bonchev–Trinajstić information content (AvgIpc) is 3.13. The van der Waals surface area contributed by atoms with Crippen molar-refractivity contribution in [2.75, 3.05) is 21.3 Å². The molecule has 6 rings (SSSR count). The molecule has 0 saturated heterocycles.